The quantitative estimate of drug-likeness (QED) is 0.831. The highest BCUT2D eigenvalue weighted by Crippen LogP contribution is 2.40. The van der Waals surface area contributed by atoms with Gasteiger partial charge in [0.25, 0.3) is 0 Å². The van der Waals surface area contributed by atoms with Crippen LogP contribution in [0, 0.1) is 0 Å². The zero-order chi connectivity index (χ0) is 15.7. The maximum Gasteiger partial charge on any atom is 0.316 e. The van der Waals surface area contributed by atoms with Gasteiger partial charge in [0, 0.05) is 0 Å². The van der Waals surface area contributed by atoms with E-state index in [0.717, 1.165) is 16.7 Å². The summed E-state index contributed by atoms with van der Waals surface area (Å²) in [5.74, 6) is 0.297. The minimum absolute atomic E-state index is 0.0702. The zero-order valence-electron chi connectivity index (χ0n) is 13.1. The molecular weight excluding hydrogens is 275 g/mol. The Balaban J connectivity index is 3.38. The van der Waals surface area contributed by atoms with E-state index in [2.05, 4.69) is 0 Å². The van der Waals surface area contributed by atoms with Gasteiger partial charge in [-0.3, -0.25) is 4.57 Å². The lowest BCUT2D eigenvalue weighted by Gasteiger charge is -2.28. The number of benzene rings is 1. The molecule has 5 heteroatoms. The monoisotopic (exact) mass is 300 g/mol. The van der Waals surface area contributed by atoms with E-state index < -0.39 is 8.25 Å². The normalized spacial score (nSPS) is 14.3. The average Bonchev–Trinajstić information content (AvgIpc) is 2.24. The molecule has 1 unspecified atom stereocenters. The predicted octanol–water partition coefficient (Wildman–Crippen LogP) is 3.89. The van der Waals surface area contributed by atoms with Crippen LogP contribution in [0.3, 0.4) is 0 Å². The van der Waals surface area contributed by atoms with Gasteiger partial charge >= 0.3 is 8.25 Å². The second-order valence-corrected chi connectivity index (χ2v) is 7.91. The Morgan fingerprint density at radius 1 is 1.05 bits per heavy atom. The number of phenolic OH excluding ortho intramolecular Hbond substituents is 1. The molecule has 0 heterocycles. The van der Waals surface area contributed by atoms with Crippen LogP contribution in [0.4, 0.5) is 0 Å². The molecule has 1 rings (SSSR count). The molecular formula is C15H25O4P. The molecule has 2 N–H and O–H groups in total. The third-order valence-corrected chi connectivity index (χ3v) is 3.54. The van der Waals surface area contributed by atoms with Crippen molar-refractivity contribution in [1.82, 2.24) is 0 Å². The summed E-state index contributed by atoms with van der Waals surface area (Å²) in [6.45, 7) is 12.2. The molecule has 0 aliphatic rings. The lowest BCUT2D eigenvalue weighted by Crippen LogP contribution is -2.18. The van der Waals surface area contributed by atoms with Crippen LogP contribution < -0.4 is 0 Å². The smallest absolute Gasteiger partial charge is 0.316 e. The molecule has 0 radical (unpaired) electrons. The van der Waals surface area contributed by atoms with Gasteiger partial charge in [0.15, 0.2) is 0 Å². The van der Waals surface area contributed by atoms with Gasteiger partial charge in [-0.2, -0.15) is 0 Å². The number of phenols is 1. The van der Waals surface area contributed by atoms with Crippen molar-refractivity contribution in [3.8, 4) is 5.75 Å². The number of hydrogen-bond donors (Lipinski definition) is 2. The molecule has 0 aromatic heterocycles. The molecule has 0 saturated carbocycles. The Labute approximate surface area is 121 Å². The minimum Gasteiger partial charge on any atom is -0.507 e. The largest absolute Gasteiger partial charge is 0.507 e. The van der Waals surface area contributed by atoms with Crippen LogP contribution in [0.5, 0.6) is 5.75 Å². The zero-order valence-corrected chi connectivity index (χ0v) is 14.1. The van der Waals surface area contributed by atoms with E-state index in [1.54, 1.807) is 0 Å². The molecule has 20 heavy (non-hydrogen) atoms. The number of aromatic hydroxyl groups is 1. The molecule has 114 valence electrons. The Bertz CT molecular complexity index is 475. The third kappa shape index (κ3) is 4.34. The summed E-state index contributed by atoms with van der Waals surface area (Å²) in [6, 6.07) is 3.69. The first-order chi connectivity index (χ1) is 8.93. The van der Waals surface area contributed by atoms with Crippen LogP contribution in [0.2, 0.25) is 0 Å². The standard InChI is InChI=1S/C15H25O4P/c1-14(2,3)11-7-10(9-19-20(17)18)8-12(13(11)16)15(4,5)6/h7-8,16,20H,9H2,1-6H3,(H,17,18). The summed E-state index contributed by atoms with van der Waals surface area (Å²) in [6.07, 6.45) is 0. The molecule has 1 aromatic rings. The summed E-state index contributed by atoms with van der Waals surface area (Å²) >= 11 is 0. The molecule has 0 bridgehead atoms. The second-order valence-electron chi connectivity index (χ2n) is 7.09. The van der Waals surface area contributed by atoms with Gasteiger partial charge in [-0.1, -0.05) is 41.5 Å². The maximum atomic E-state index is 10.7. The van der Waals surface area contributed by atoms with Gasteiger partial charge in [-0.25, -0.2) is 0 Å². The topological polar surface area (TPSA) is 66.8 Å². The van der Waals surface area contributed by atoms with Gasteiger partial charge in [0.2, 0.25) is 0 Å². The van der Waals surface area contributed by atoms with Crippen LogP contribution in [-0.4, -0.2) is 10.00 Å². The van der Waals surface area contributed by atoms with Crippen molar-refractivity contribution >= 4 is 8.25 Å². The van der Waals surface area contributed by atoms with Gasteiger partial charge < -0.3 is 14.5 Å². The molecule has 0 spiro atoms. The van der Waals surface area contributed by atoms with Crippen molar-refractivity contribution in [2.45, 2.75) is 59.0 Å². The minimum atomic E-state index is -2.95. The Morgan fingerprint density at radius 2 is 1.45 bits per heavy atom. The Kier molecular flexibility index (Phi) is 5.07. The first-order valence-corrected chi connectivity index (χ1v) is 7.92. The van der Waals surface area contributed by atoms with Crippen molar-refractivity contribution < 1.29 is 19.1 Å². The third-order valence-electron chi connectivity index (χ3n) is 3.15. The van der Waals surface area contributed by atoms with Crippen LogP contribution in [0.1, 0.15) is 58.2 Å². The first kappa shape index (κ1) is 17.2. The number of hydrogen-bond acceptors (Lipinski definition) is 3. The van der Waals surface area contributed by atoms with Crippen LogP contribution >= 0.6 is 8.25 Å². The molecule has 4 nitrogen and oxygen atoms in total. The SMILES string of the molecule is CC(C)(C)c1cc(CO[PH](=O)O)cc(C(C)(C)C)c1O. The summed E-state index contributed by atoms with van der Waals surface area (Å²) in [5, 5.41) is 10.5. The lowest BCUT2D eigenvalue weighted by molar-refractivity contribution is 0.272. The van der Waals surface area contributed by atoms with Gasteiger partial charge in [0.1, 0.15) is 5.75 Å². The molecule has 0 aliphatic heterocycles. The van der Waals surface area contributed by atoms with E-state index in [1.165, 1.54) is 0 Å². The van der Waals surface area contributed by atoms with Crippen molar-refractivity contribution in [2.24, 2.45) is 0 Å². The predicted molar refractivity (Wildman–Crippen MR) is 81.5 cm³/mol. The van der Waals surface area contributed by atoms with E-state index >= 15 is 0 Å². The molecule has 0 saturated heterocycles. The fourth-order valence-corrected chi connectivity index (χ4v) is 2.36. The van der Waals surface area contributed by atoms with Crippen molar-refractivity contribution in [1.29, 1.82) is 0 Å². The second kappa shape index (κ2) is 5.88. The van der Waals surface area contributed by atoms with Crippen molar-refractivity contribution in [3.05, 3.63) is 28.8 Å². The van der Waals surface area contributed by atoms with E-state index in [1.807, 2.05) is 53.7 Å². The fraction of sp³-hybridized carbons (Fsp3) is 0.600. The molecule has 0 fully saturated rings. The Hall–Kier alpha value is -0.830. The highest BCUT2D eigenvalue weighted by atomic mass is 31.1. The molecule has 0 amide bonds. The van der Waals surface area contributed by atoms with E-state index in [4.69, 9.17) is 9.42 Å². The fourth-order valence-electron chi connectivity index (χ4n) is 2.07. The highest BCUT2D eigenvalue weighted by molar-refractivity contribution is 7.32. The summed E-state index contributed by atoms with van der Waals surface area (Å²) in [4.78, 5) is 8.80. The summed E-state index contributed by atoms with van der Waals surface area (Å²) in [7, 11) is -2.95. The summed E-state index contributed by atoms with van der Waals surface area (Å²) in [5.41, 5.74) is 2.00. The van der Waals surface area contributed by atoms with E-state index in [-0.39, 0.29) is 17.4 Å². The van der Waals surface area contributed by atoms with E-state index in [0.29, 0.717) is 5.75 Å². The first-order valence-electron chi connectivity index (χ1n) is 6.65. The van der Waals surface area contributed by atoms with Gasteiger partial charge in [-0.15, -0.1) is 0 Å². The highest BCUT2D eigenvalue weighted by Gasteiger charge is 2.26. The number of rotatable bonds is 3. The van der Waals surface area contributed by atoms with Gasteiger partial charge in [0.05, 0.1) is 6.61 Å². The average molecular weight is 300 g/mol. The van der Waals surface area contributed by atoms with Crippen molar-refractivity contribution in [3.63, 3.8) is 0 Å². The Morgan fingerprint density at radius 3 is 1.75 bits per heavy atom. The molecule has 1 atom stereocenters. The lowest BCUT2D eigenvalue weighted by atomic mass is 9.78. The van der Waals surface area contributed by atoms with Crippen molar-refractivity contribution in [2.75, 3.05) is 0 Å². The summed E-state index contributed by atoms with van der Waals surface area (Å²) < 4.78 is 15.5. The van der Waals surface area contributed by atoms with Crippen LogP contribution in [-0.2, 0) is 26.5 Å². The van der Waals surface area contributed by atoms with Crippen LogP contribution in [0.15, 0.2) is 12.1 Å². The van der Waals surface area contributed by atoms with Gasteiger partial charge in [-0.05, 0) is 39.7 Å². The maximum absolute atomic E-state index is 10.7. The molecule has 1 aromatic carbocycles. The molecule has 0 aliphatic carbocycles. The van der Waals surface area contributed by atoms with Crippen LogP contribution in [0.25, 0.3) is 0 Å². The van der Waals surface area contributed by atoms with E-state index in [9.17, 15) is 9.67 Å².